The highest BCUT2D eigenvalue weighted by atomic mass is 16.3. The monoisotopic (exact) mass is 378 g/mol. The normalized spacial score (nSPS) is 16.8. The van der Waals surface area contributed by atoms with Crippen LogP contribution in [0.4, 0.5) is 16.4 Å². The maximum atomic E-state index is 12.8. The highest BCUT2D eigenvalue weighted by molar-refractivity contribution is 5.90. The van der Waals surface area contributed by atoms with Crippen molar-refractivity contribution in [2.24, 2.45) is 0 Å². The van der Waals surface area contributed by atoms with Gasteiger partial charge in [0.15, 0.2) is 0 Å². The maximum absolute atomic E-state index is 12.8. The van der Waals surface area contributed by atoms with Crippen molar-refractivity contribution in [2.45, 2.75) is 25.7 Å². The molecule has 1 aromatic carbocycles. The van der Waals surface area contributed by atoms with Gasteiger partial charge in [0.25, 0.3) is 0 Å². The number of amides is 2. The summed E-state index contributed by atoms with van der Waals surface area (Å²) in [5.74, 6) is 0.956. The summed E-state index contributed by atoms with van der Waals surface area (Å²) in [4.78, 5) is 27.2. The predicted molar refractivity (Wildman–Crippen MR) is 106 cm³/mol. The van der Waals surface area contributed by atoms with E-state index in [-0.39, 0.29) is 17.9 Å². The van der Waals surface area contributed by atoms with E-state index in [0.717, 1.165) is 29.8 Å². The van der Waals surface area contributed by atoms with Crippen LogP contribution in [0.25, 0.3) is 11.5 Å². The molecule has 2 aromatic heterocycles. The molecule has 3 N–H and O–H groups in total. The summed E-state index contributed by atoms with van der Waals surface area (Å²) in [5.41, 5.74) is 8.91. The van der Waals surface area contributed by atoms with Gasteiger partial charge in [0, 0.05) is 36.5 Å². The molecule has 28 heavy (non-hydrogen) atoms. The first-order chi connectivity index (χ1) is 13.6. The number of nitrogen functional groups attached to an aromatic ring is 1. The maximum Gasteiger partial charge on any atom is 0.321 e. The number of hydrogen-bond donors (Lipinski definition) is 2. The van der Waals surface area contributed by atoms with Crippen molar-refractivity contribution in [3.05, 3.63) is 54.2 Å². The van der Waals surface area contributed by atoms with Gasteiger partial charge in [-0.1, -0.05) is 6.07 Å². The minimum atomic E-state index is -0.132. The number of nitrogens with two attached hydrogens (primary N) is 1. The van der Waals surface area contributed by atoms with Gasteiger partial charge in [-0.2, -0.15) is 0 Å². The Morgan fingerprint density at radius 1 is 1.32 bits per heavy atom. The SMILES string of the molecule is Cc1coc(-c2cccc(NC(=O)N3CCCC(c4ccnc(N)n4)C3)c2)n1. The van der Waals surface area contributed by atoms with Gasteiger partial charge in [-0.05, 0) is 44.0 Å². The lowest BCUT2D eigenvalue weighted by molar-refractivity contribution is 0.192. The van der Waals surface area contributed by atoms with Crippen molar-refractivity contribution >= 4 is 17.7 Å². The Morgan fingerprint density at radius 2 is 2.21 bits per heavy atom. The molecule has 1 atom stereocenters. The number of nitrogens with one attached hydrogen (secondary N) is 1. The van der Waals surface area contributed by atoms with Crippen LogP contribution in [0.15, 0.2) is 47.2 Å². The molecule has 0 spiro atoms. The molecule has 3 aromatic rings. The molecule has 1 saturated heterocycles. The molecule has 2 amide bonds. The molecule has 1 unspecified atom stereocenters. The number of nitrogens with zero attached hydrogens (tertiary/aromatic N) is 4. The number of aryl methyl sites for hydroxylation is 1. The summed E-state index contributed by atoms with van der Waals surface area (Å²) >= 11 is 0. The zero-order chi connectivity index (χ0) is 19.5. The number of carbonyl (C=O) groups excluding carboxylic acids is 1. The van der Waals surface area contributed by atoms with Gasteiger partial charge in [-0.25, -0.2) is 19.7 Å². The second-order valence-electron chi connectivity index (χ2n) is 6.93. The molecule has 4 rings (SSSR count). The van der Waals surface area contributed by atoms with Crippen LogP contribution in [-0.2, 0) is 0 Å². The first-order valence-electron chi connectivity index (χ1n) is 9.25. The molecule has 0 radical (unpaired) electrons. The van der Waals surface area contributed by atoms with Crippen LogP contribution in [-0.4, -0.2) is 39.0 Å². The molecule has 8 nitrogen and oxygen atoms in total. The van der Waals surface area contributed by atoms with Crippen molar-refractivity contribution in [3.63, 3.8) is 0 Å². The molecule has 0 saturated carbocycles. The Morgan fingerprint density at radius 3 is 3.00 bits per heavy atom. The minimum absolute atomic E-state index is 0.132. The van der Waals surface area contributed by atoms with Crippen LogP contribution in [0.3, 0.4) is 0 Å². The summed E-state index contributed by atoms with van der Waals surface area (Å²) in [6.45, 7) is 3.18. The number of urea groups is 1. The number of hydrogen-bond acceptors (Lipinski definition) is 6. The molecule has 1 fully saturated rings. The zero-order valence-electron chi connectivity index (χ0n) is 15.6. The first kappa shape index (κ1) is 18.0. The van der Waals surface area contributed by atoms with E-state index < -0.39 is 0 Å². The number of aromatic nitrogens is 3. The highest BCUT2D eigenvalue weighted by Crippen LogP contribution is 2.27. The summed E-state index contributed by atoms with van der Waals surface area (Å²) in [6.07, 6.45) is 5.15. The largest absolute Gasteiger partial charge is 0.444 e. The fourth-order valence-corrected chi connectivity index (χ4v) is 3.44. The summed E-state index contributed by atoms with van der Waals surface area (Å²) in [7, 11) is 0. The molecule has 3 heterocycles. The Hall–Kier alpha value is -3.42. The zero-order valence-corrected chi connectivity index (χ0v) is 15.6. The Balaban J connectivity index is 1.45. The Labute approximate surface area is 162 Å². The van der Waals surface area contributed by atoms with Crippen molar-refractivity contribution in [2.75, 3.05) is 24.1 Å². The third kappa shape index (κ3) is 3.95. The summed E-state index contributed by atoms with van der Waals surface area (Å²) < 4.78 is 5.44. The average molecular weight is 378 g/mol. The number of piperidine rings is 1. The van der Waals surface area contributed by atoms with E-state index >= 15 is 0 Å². The van der Waals surface area contributed by atoms with E-state index in [4.69, 9.17) is 10.2 Å². The molecule has 8 heteroatoms. The molecular formula is C20H22N6O2. The van der Waals surface area contributed by atoms with Gasteiger partial charge in [0.1, 0.15) is 6.26 Å². The van der Waals surface area contributed by atoms with Crippen LogP contribution in [0, 0.1) is 6.92 Å². The lowest BCUT2D eigenvalue weighted by atomic mass is 9.95. The van der Waals surface area contributed by atoms with Crippen LogP contribution in [0.1, 0.15) is 30.1 Å². The lowest BCUT2D eigenvalue weighted by Crippen LogP contribution is -2.41. The lowest BCUT2D eigenvalue weighted by Gasteiger charge is -2.32. The second kappa shape index (κ2) is 7.67. The number of benzene rings is 1. The number of anilines is 2. The standard InChI is InChI=1S/C20H22N6O2/c1-13-12-28-18(23-13)14-4-2-6-16(10-14)24-20(27)26-9-3-5-15(11-26)17-7-8-22-19(21)25-17/h2,4,6-8,10,12,15H,3,5,9,11H2,1H3,(H,24,27)(H2,21,22,25). The van der Waals surface area contributed by atoms with Crippen LogP contribution < -0.4 is 11.1 Å². The van der Waals surface area contributed by atoms with Crippen LogP contribution in [0.5, 0.6) is 0 Å². The van der Waals surface area contributed by atoms with Gasteiger partial charge in [0.2, 0.25) is 11.8 Å². The van der Waals surface area contributed by atoms with Gasteiger partial charge in [-0.3, -0.25) is 0 Å². The fraction of sp³-hybridized carbons (Fsp3) is 0.300. The average Bonchev–Trinajstić information content (AvgIpc) is 3.15. The highest BCUT2D eigenvalue weighted by Gasteiger charge is 2.26. The quantitative estimate of drug-likeness (QED) is 0.722. The Bertz CT molecular complexity index is 986. The van der Waals surface area contributed by atoms with Gasteiger partial charge >= 0.3 is 6.03 Å². The third-order valence-corrected chi connectivity index (χ3v) is 4.80. The van der Waals surface area contributed by atoms with Crippen molar-refractivity contribution in [3.8, 4) is 11.5 Å². The van der Waals surface area contributed by atoms with Gasteiger partial charge < -0.3 is 20.4 Å². The Kier molecular flexibility index (Phi) is 4.92. The van der Waals surface area contributed by atoms with Crippen LogP contribution >= 0.6 is 0 Å². The van der Waals surface area contributed by atoms with E-state index in [1.807, 2.05) is 42.2 Å². The molecule has 1 aliphatic heterocycles. The van der Waals surface area contributed by atoms with Crippen molar-refractivity contribution < 1.29 is 9.21 Å². The number of likely N-dealkylation sites (tertiary alicyclic amines) is 1. The van der Waals surface area contributed by atoms with Crippen molar-refractivity contribution in [1.29, 1.82) is 0 Å². The molecule has 0 aliphatic carbocycles. The third-order valence-electron chi connectivity index (χ3n) is 4.80. The van der Waals surface area contributed by atoms with E-state index in [2.05, 4.69) is 20.3 Å². The molecular weight excluding hydrogens is 356 g/mol. The molecule has 144 valence electrons. The minimum Gasteiger partial charge on any atom is -0.444 e. The number of rotatable bonds is 3. The topological polar surface area (TPSA) is 110 Å². The predicted octanol–water partition coefficient (Wildman–Crippen LogP) is 3.43. The second-order valence-corrected chi connectivity index (χ2v) is 6.93. The summed E-state index contributed by atoms with van der Waals surface area (Å²) in [5, 5.41) is 2.97. The van der Waals surface area contributed by atoms with Gasteiger partial charge in [-0.15, -0.1) is 0 Å². The summed E-state index contributed by atoms with van der Waals surface area (Å²) in [6, 6.07) is 9.21. The van der Waals surface area contributed by atoms with E-state index in [9.17, 15) is 4.79 Å². The van der Waals surface area contributed by atoms with Crippen molar-refractivity contribution in [1.82, 2.24) is 19.9 Å². The first-order valence-corrected chi connectivity index (χ1v) is 9.25. The number of carbonyl (C=O) groups is 1. The van der Waals surface area contributed by atoms with Crippen LogP contribution in [0.2, 0.25) is 0 Å². The van der Waals surface area contributed by atoms with E-state index in [1.165, 1.54) is 0 Å². The number of oxazole rings is 1. The molecule has 1 aliphatic rings. The van der Waals surface area contributed by atoms with E-state index in [0.29, 0.717) is 24.7 Å². The smallest absolute Gasteiger partial charge is 0.321 e. The molecule has 0 bridgehead atoms. The van der Waals surface area contributed by atoms with Gasteiger partial charge in [0.05, 0.1) is 11.4 Å². The fourth-order valence-electron chi connectivity index (χ4n) is 3.44. The van der Waals surface area contributed by atoms with E-state index in [1.54, 1.807) is 12.5 Å².